The number of aryl methyl sites for hydroxylation is 1. The Morgan fingerprint density at radius 1 is 1.03 bits per heavy atom. The van der Waals surface area contributed by atoms with Crippen LogP contribution in [0.3, 0.4) is 0 Å². The zero-order valence-corrected chi connectivity index (χ0v) is 23.1. The Hall–Kier alpha value is -1.69. The first kappa shape index (κ1) is 26.6. The summed E-state index contributed by atoms with van der Waals surface area (Å²) >= 11 is 15.3. The number of thiocarbonyl (C=S) groups is 1. The molecule has 0 aliphatic rings. The first-order chi connectivity index (χ1) is 15.1. The summed E-state index contributed by atoms with van der Waals surface area (Å²) in [5.74, 6) is 0.694. The molecule has 0 spiro atoms. The number of hydrogen-bond acceptors (Lipinski definition) is 5. The minimum absolute atomic E-state index is 0.0550. The van der Waals surface area contributed by atoms with Crippen LogP contribution in [0.1, 0.15) is 29.8 Å². The molecule has 2 aromatic carbocycles. The normalized spacial score (nSPS) is 10.5. The molecule has 11 heteroatoms. The van der Waals surface area contributed by atoms with E-state index in [1.54, 1.807) is 18.2 Å². The molecule has 0 aliphatic heterocycles. The van der Waals surface area contributed by atoms with Crippen molar-refractivity contribution in [1.29, 1.82) is 0 Å². The zero-order valence-electron chi connectivity index (χ0n) is 17.6. The number of ether oxygens (including phenoxy) is 2. The monoisotopic (exact) mass is 649 g/mol. The summed E-state index contributed by atoms with van der Waals surface area (Å²) in [6.07, 6.45) is 0. The van der Waals surface area contributed by atoms with Crippen molar-refractivity contribution in [3.63, 3.8) is 0 Å². The minimum Gasteiger partial charge on any atom is -0.492 e. The van der Waals surface area contributed by atoms with Gasteiger partial charge in [-0.05, 0) is 92.8 Å². The number of rotatable bonds is 7. The van der Waals surface area contributed by atoms with Crippen LogP contribution in [0.25, 0.3) is 0 Å². The molecule has 2 amide bonds. The molecule has 0 atom stereocenters. The molecular formula is C21H22Br3N3O4S. The lowest BCUT2D eigenvalue weighted by Crippen LogP contribution is -2.49. The van der Waals surface area contributed by atoms with Gasteiger partial charge in [-0.15, -0.1) is 0 Å². The van der Waals surface area contributed by atoms with Crippen molar-refractivity contribution in [2.24, 2.45) is 5.92 Å². The molecule has 0 heterocycles. The number of carbonyl (C=O) groups is 2. The molecule has 32 heavy (non-hydrogen) atoms. The van der Waals surface area contributed by atoms with Crippen LogP contribution in [-0.2, 0) is 4.79 Å². The van der Waals surface area contributed by atoms with E-state index in [9.17, 15) is 9.59 Å². The van der Waals surface area contributed by atoms with Crippen molar-refractivity contribution in [2.45, 2.75) is 20.8 Å². The van der Waals surface area contributed by atoms with Crippen LogP contribution >= 0.6 is 60.0 Å². The van der Waals surface area contributed by atoms with Crippen LogP contribution in [0.2, 0.25) is 0 Å². The Labute approximate surface area is 217 Å². The number of halogens is 3. The maximum atomic E-state index is 12.4. The molecule has 0 bridgehead atoms. The highest BCUT2D eigenvalue weighted by molar-refractivity contribution is 9.11. The molecule has 2 aromatic rings. The Bertz CT molecular complexity index is 995. The number of amides is 2. The zero-order chi connectivity index (χ0) is 23.8. The van der Waals surface area contributed by atoms with Crippen LogP contribution in [0.15, 0.2) is 43.7 Å². The van der Waals surface area contributed by atoms with E-state index in [0.29, 0.717) is 34.1 Å². The van der Waals surface area contributed by atoms with Gasteiger partial charge in [0.1, 0.15) is 11.5 Å². The van der Waals surface area contributed by atoms with Gasteiger partial charge in [0.25, 0.3) is 11.8 Å². The predicted molar refractivity (Wildman–Crippen MR) is 138 cm³/mol. The van der Waals surface area contributed by atoms with E-state index in [1.807, 2.05) is 19.1 Å². The van der Waals surface area contributed by atoms with E-state index >= 15 is 0 Å². The van der Waals surface area contributed by atoms with E-state index in [1.165, 1.54) is 0 Å². The van der Waals surface area contributed by atoms with Crippen molar-refractivity contribution >= 4 is 76.9 Å². The second-order valence-electron chi connectivity index (χ2n) is 7.13. The first-order valence-corrected chi connectivity index (χ1v) is 12.3. The second kappa shape index (κ2) is 12.5. The fourth-order valence-electron chi connectivity index (χ4n) is 2.39. The molecule has 0 fully saturated rings. The van der Waals surface area contributed by atoms with Gasteiger partial charge in [-0.25, -0.2) is 0 Å². The fourth-order valence-corrected chi connectivity index (χ4v) is 4.58. The van der Waals surface area contributed by atoms with Gasteiger partial charge in [-0.2, -0.15) is 0 Å². The molecule has 0 aromatic heterocycles. The van der Waals surface area contributed by atoms with Crippen molar-refractivity contribution in [1.82, 2.24) is 16.2 Å². The third-order valence-electron chi connectivity index (χ3n) is 3.85. The minimum atomic E-state index is -0.467. The average Bonchev–Trinajstić information content (AvgIpc) is 2.70. The van der Waals surface area contributed by atoms with Gasteiger partial charge >= 0.3 is 0 Å². The maximum Gasteiger partial charge on any atom is 0.276 e. The van der Waals surface area contributed by atoms with Crippen molar-refractivity contribution in [3.05, 3.63) is 54.9 Å². The highest BCUT2D eigenvalue weighted by Crippen LogP contribution is 2.32. The number of benzene rings is 2. The van der Waals surface area contributed by atoms with Gasteiger partial charge < -0.3 is 9.47 Å². The third kappa shape index (κ3) is 8.34. The Kier molecular flexibility index (Phi) is 10.4. The number of hydrazine groups is 1. The number of nitrogens with one attached hydrogen (secondary N) is 3. The van der Waals surface area contributed by atoms with Crippen LogP contribution in [0, 0.1) is 12.8 Å². The lowest BCUT2D eigenvalue weighted by atomic mass is 10.2. The Morgan fingerprint density at radius 3 is 2.38 bits per heavy atom. The summed E-state index contributed by atoms with van der Waals surface area (Å²) in [6.45, 7) is 6.30. The van der Waals surface area contributed by atoms with Crippen molar-refractivity contribution in [3.8, 4) is 11.5 Å². The quantitative estimate of drug-likeness (QED) is 0.288. The van der Waals surface area contributed by atoms with Gasteiger partial charge in [0.05, 0.1) is 15.6 Å². The Morgan fingerprint density at radius 2 is 1.75 bits per heavy atom. The lowest BCUT2D eigenvalue weighted by molar-refractivity contribution is -0.123. The summed E-state index contributed by atoms with van der Waals surface area (Å²) in [4.78, 5) is 24.4. The molecule has 0 saturated heterocycles. The molecule has 0 unspecified atom stereocenters. The lowest BCUT2D eigenvalue weighted by Gasteiger charge is -2.14. The largest absolute Gasteiger partial charge is 0.492 e. The van der Waals surface area contributed by atoms with E-state index in [-0.39, 0.29) is 11.7 Å². The molecule has 0 aliphatic carbocycles. The third-order valence-corrected chi connectivity index (χ3v) is 5.72. The molecule has 2 rings (SSSR count). The summed E-state index contributed by atoms with van der Waals surface area (Å²) in [5, 5.41) is 2.44. The summed E-state index contributed by atoms with van der Waals surface area (Å²) in [6, 6.07) is 8.67. The van der Waals surface area contributed by atoms with E-state index in [4.69, 9.17) is 21.7 Å². The van der Waals surface area contributed by atoms with Gasteiger partial charge in [-0.1, -0.05) is 29.8 Å². The molecule has 0 radical (unpaired) electrons. The second-order valence-corrected chi connectivity index (χ2v) is 10.2. The number of carbonyl (C=O) groups excluding carboxylic acids is 2. The van der Waals surface area contributed by atoms with Crippen LogP contribution in [-0.4, -0.2) is 30.1 Å². The highest BCUT2D eigenvalue weighted by atomic mass is 79.9. The average molecular weight is 652 g/mol. The van der Waals surface area contributed by atoms with Crippen LogP contribution in [0.5, 0.6) is 11.5 Å². The van der Waals surface area contributed by atoms with Gasteiger partial charge in [0.15, 0.2) is 11.7 Å². The summed E-state index contributed by atoms with van der Waals surface area (Å²) in [5.41, 5.74) is 6.11. The van der Waals surface area contributed by atoms with E-state index in [0.717, 1.165) is 14.5 Å². The van der Waals surface area contributed by atoms with Crippen molar-refractivity contribution < 1.29 is 19.1 Å². The predicted octanol–water partition coefficient (Wildman–Crippen LogP) is 5.03. The summed E-state index contributed by atoms with van der Waals surface area (Å²) < 4.78 is 13.5. The smallest absolute Gasteiger partial charge is 0.276 e. The maximum absolute atomic E-state index is 12.4. The van der Waals surface area contributed by atoms with Crippen LogP contribution in [0.4, 0.5) is 0 Å². The fraction of sp³-hybridized carbons (Fsp3) is 0.286. The highest BCUT2D eigenvalue weighted by Gasteiger charge is 2.13. The van der Waals surface area contributed by atoms with E-state index in [2.05, 4.69) is 77.8 Å². The molecule has 172 valence electrons. The molecule has 7 nitrogen and oxygen atoms in total. The van der Waals surface area contributed by atoms with Gasteiger partial charge in [-0.3, -0.25) is 25.8 Å². The number of hydrogen-bond donors (Lipinski definition) is 3. The van der Waals surface area contributed by atoms with Crippen molar-refractivity contribution in [2.75, 3.05) is 13.2 Å². The first-order valence-electron chi connectivity index (χ1n) is 9.47. The molecular weight excluding hydrogens is 630 g/mol. The Balaban J connectivity index is 1.81. The van der Waals surface area contributed by atoms with Gasteiger partial charge in [0.2, 0.25) is 0 Å². The standard InChI is InChI=1S/C21H22Br3N3O4S/c1-11(2)9-30-17-5-4-13(7-15(17)23)20(29)25-21(32)27-26-18(28)10-31-19-12(3)6-14(22)8-16(19)24/h4-8,11H,9-10H2,1-3H3,(H,26,28)(H2,25,27,29,32). The summed E-state index contributed by atoms with van der Waals surface area (Å²) in [7, 11) is 0. The molecule has 0 saturated carbocycles. The van der Waals surface area contributed by atoms with Crippen LogP contribution < -0.4 is 25.6 Å². The topological polar surface area (TPSA) is 88.7 Å². The molecule has 3 N–H and O–H groups in total. The van der Waals surface area contributed by atoms with Gasteiger partial charge in [0, 0.05) is 10.0 Å². The van der Waals surface area contributed by atoms with E-state index < -0.39 is 11.8 Å². The SMILES string of the molecule is Cc1cc(Br)cc(Br)c1OCC(=O)NNC(=S)NC(=O)c1ccc(OCC(C)C)c(Br)c1.